The van der Waals surface area contributed by atoms with E-state index in [1.807, 2.05) is 24.3 Å². The lowest BCUT2D eigenvalue weighted by molar-refractivity contribution is 0.718. The summed E-state index contributed by atoms with van der Waals surface area (Å²) in [6, 6.07) is 25.5. The number of unbranched alkanes of at least 4 members (excludes halogenated alkanes) is 2. The highest BCUT2D eigenvalue weighted by Gasteiger charge is 2.03. The summed E-state index contributed by atoms with van der Waals surface area (Å²) in [4.78, 5) is 0. The van der Waals surface area contributed by atoms with E-state index in [1.165, 1.54) is 52.8 Å². The number of aryl methyl sites for hydroxylation is 1. The SMILES string of the molecule is CCCCCc1ccc2c(ccc3cc(C#Cc4ccc(Cl)cc4)ccc32)c1. The zero-order valence-electron chi connectivity index (χ0n) is 16.1. The van der Waals surface area contributed by atoms with Gasteiger partial charge in [-0.25, -0.2) is 0 Å². The van der Waals surface area contributed by atoms with Gasteiger partial charge in [0.25, 0.3) is 0 Å². The second-order valence-electron chi connectivity index (χ2n) is 7.27. The standard InChI is InChI=1S/C27H23Cl/c1-2-3-4-5-21-10-16-26-23(18-21)12-13-24-19-22(11-17-27(24)26)7-6-20-8-14-25(28)15-9-20/h8-19H,2-5H2,1H3. The van der Waals surface area contributed by atoms with Crippen LogP contribution in [0, 0.1) is 11.8 Å². The maximum atomic E-state index is 5.93. The zero-order valence-corrected chi connectivity index (χ0v) is 16.9. The molecule has 0 aliphatic heterocycles. The highest BCUT2D eigenvalue weighted by atomic mass is 35.5. The Labute approximate surface area is 172 Å². The molecule has 0 aromatic heterocycles. The summed E-state index contributed by atoms with van der Waals surface area (Å²) in [5, 5.41) is 5.89. The molecule has 0 fully saturated rings. The van der Waals surface area contributed by atoms with Gasteiger partial charge in [0.1, 0.15) is 0 Å². The Bertz CT molecular complexity index is 1170. The van der Waals surface area contributed by atoms with Crippen LogP contribution in [0.1, 0.15) is 42.9 Å². The Morgan fingerprint density at radius 3 is 2.07 bits per heavy atom. The predicted molar refractivity (Wildman–Crippen MR) is 122 cm³/mol. The fraction of sp³-hybridized carbons (Fsp3) is 0.185. The van der Waals surface area contributed by atoms with Gasteiger partial charge in [-0.1, -0.05) is 79.6 Å². The van der Waals surface area contributed by atoms with Crippen LogP contribution in [0.4, 0.5) is 0 Å². The van der Waals surface area contributed by atoms with Crippen LogP contribution >= 0.6 is 11.6 Å². The molecule has 0 nitrogen and oxygen atoms in total. The Morgan fingerprint density at radius 1 is 0.679 bits per heavy atom. The van der Waals surface area contributed by atoms with Crippen LogP contribution in [0.2, 0.25) is 5.02 Å². The second kappa shape index (κ2) is 8.51. The summed E-state index contributed by atoms with van der Waals surface area (Å²) in [6.45, 7) is 2.25. The summed E-state index contributed by atoms with van der Waals surface area (Å²) in [5.74, 6) is 6.48. The molecule has 4 aromatic carbocycles. The van der Waals surface area contributed by atoms with E-state index in [0.717, 1.165) is 16.1 Å². The van der Waals surface area contributed by atoms with Crippen molar-refractivity contribution >= 4 is 33.1 Å². The molecule has 0 saturated heterocycles. The normalized spacial score (nSPS) is 10.8. The average Bonchev–Trinajstić information content (AvgIpc) is 2.73. The summed E-state index contributed by atoms with van der Waals surface area (Å²) >= 11 is 5.93. The number of hydrogen-bond acceptors (Lipinski definition) is 0. The largest absolute Gasteiger partial charge is 0.0843 e. The maximum Gasteiger partial charge on any atom is 0.0406 e. The van der Waals surface area contributed by atoms with Crippen LogP contribution in [0.3, 0.4) is 0 Å². The smallest absolute Gasteiger partial charge is 0.0406 e. The third kappa shape index (κ3) is 4.22. The van der Waals surface area contributed by atoms with Gasteiger partial charge in [0.2, 0.25) is 0 Å². The first-order valence-corrected chi connectivity index (χ1v) is 10.3. The fourth-order valence-corrected chi connectivity index (χ4v) is 3.74. The predicted octanol–water partition coefficient (Wildman–Crippen LogP) is 7.78. The van der Waals surface area contributed by atoms with Crippen molar-refractivity contribution in [3.63, 3.8) is 0 Å². The molecule has 28 heavy (non-hydrogen) atoms. The molecular formula is C27H23Cl. The van der Waals surface area contributed by atoms with E-state index in [-0.39, 0.29) is 0 Å². The van der Waals surface area contributed by atoms with Gasteiger partial charge in [-0.05, 0) is 76.3 Å². The average molecular weight is 383 g/mol. The molecule has 0 radical (unpaired) electrons. The molecule has 0 bridgehead atoms. The lowest BCUT2D eigenvalue weighted by Gasteiger charge is -2.07. The molecule has 0 amide bonds. The quantitative estimate of drug-likeness (QED) is 0.192. The molecular weight excluding hydrogens is 360 g/mol. The number of benzene rings is 4. The molecule has 0 atom stereocenters. The molecule has 0 saturated carbocycles. The van der Waals surface area contributed by atoms with Crippen molar-refractivity contribution in [2.24, 2.45) is 0 Å². The van der Waals surface area contributed by atoms with Gasteiger partial charge in [-0.2, -0.15) is 0 Å². The van der Waals surface area contributed by atoms with Gasteiger partial charge in [0.15, 0.2) is 0 Å². The highest BCUT2D eigenvalue weighted by Crippen LogP contribution is 2.27. The van der Waals surface area contributed by atoms with Crippen LogP contribution < -0.4 is 0 Å². The minimum Gasteiger partial charge on any atom is -0.0843 e. The van der Waals surface area contributed by atoms with E-state index < -0.39 is 0 Å². The lowest BCUT2D eigenvalue weighted by Crippen LogP contribution is -1.87. The third-order valence-electron chi connectivity index (χ3n) is 5.16. The van der Waals surface area contributed by atoms with E-state index >= 15 is 0 Å². The number of hydrogen-bond donors (Lipinski definition) is 0. The maximum absolute atomic E-state index is 5.93. The molecule has 4 aromatic rings. The lowest BCUT2D eigenvalue weighted by atomic mass is 9.97. The molecule has 0 aliphatic rings. The van der Waals surface area contributed by atoms with Crippen LogP contribution in [-0.4, -0.2) is 0 Å². The molecule has 0 N–H and O–H groups in total. The Hall–Kier alpha value is -2.75. The minimum absolute atomic E-state index is 0.733. The van der Waals surface area contributed by atoms with E-state index in [2.05, 4.69) is 67.3 Å². The van der Waals surface area contributed by atoms with Crippen LogP contribution in [0.15, 0.2) is 72.8 Å². The molecule has 0 heterocycles. The zero-order chi connectivity index (χ0) is 19.3. The Balaban J connectivity index is 1.64. The van der Waals surface area contributed by atoms with Crippen molar-refractivity contribution in [1.29, 1.82) is 0 Å². The first kappa shape index (κ1) is 18.6. The highest BCUT2D eigenvalue weighted by molar-refractivity contribution is 6.30. The fourth-order valence-electron chi connectivity index (χ4n) is 3.61. The molecule has 0 spiro atoms. The van der Waals surface area contributed by atoms with Crippen molar-refractivity contribution in [3.8, 4) is 11.8 Å². The third-order valence-corrected chi connectivity index (χ3v) is 5.42. The molecule has 4 rings (SSSR count). The van der Waals surface area contributed by atoms with Crippen molar-refractivity contribution in [2.75, 3.05) is 0 Å². The topological polar surface area (TPSA) is 0 Å². The Morgan fingerprint density at radius 2 is 1.32 bits per heavy atom. The molecule has 0 aliphatic carbocycles. The van der Waals surface area contributed by atoms with Gasteiger partial charge >= 0.3 is 0 Å². The van der Waals surface area contributed by atoms with Crippen molar-refractivity contribution in [2.45, 2.75) is 32.6 Å². The van der Waals surface area contributed by atoms with Crippen LogP contribution in [0.25, 0.3) is 21.5 Å². The van der Waals surface area contributed by atoms with E-state index in [1.54, 1.807) is 0 Å². The van der Waals surface area contributed by atoms with Gasteiger partial charge in [-0.3, -0.25) is 0 Å². The van der Waals surface area contributed by atoms with Crippen LogP contribution in [0.5, 0.6) is 0 Å². The van der Waals surface area contributed by atoms with Gasteiger partial charge in [-0.15, -0.1) is 0 Å². The molecule has 0 unspecified atom stereocenters. The number of rotatable bonds is 4. The van der Waals surface area contributed by atoms with E-state index in [9.17, 15) is 0 Å². The summed E-state index contributed by atoms with van der Waals surface area (Å²) in [6.07, 6.45) is 5.00. The summed E-state index contributed by atoms with van der Waals surface area (Å²) in [5.41, 5.74) is 3.43. The first-order chi connectivity index (χ1) is 13.7. The van der Waals surface area contributed by atoms with E-state index in [4.69, 9.17) is 11.6 Å². The van der Waals surface area contributed by atoms with Crippen LogP contribution in [-0.2, 0) is 6.42 Å². The van der Waals surface area contributed by atoms with E-state index in [0.29, 0.717) is 0 Å². The van der Waals surface area contributed by atoms with Gasteiger partial charge in [0.05, 0.1) is 0 Å². The minimum atomic E-state index is 0.733. The van der Waals surface area contributed by atoms with Crippen molar-refractivity contribution < 1.29 is 0 Å². The number of fused-ring (bicyclic) bond motifs is 3. The second-order valence-corrected chi connectivity index (χ2v) is 7.71. The molecule has 1 heteroatoms. The first-order valence-electron chi connectivity index (χ1n) is 9.96. The monoisotopic (exact) mass is 382 g/mol. The molecule has 138 valence electrons. The summed E-state index contributed by atoms with van der Waals surface area (Å²) < 4.78 is 0. The van der Waals surface area contributed by atoms with Crippen molar-refractivity contribution in [3.05, 3.63) is 94.5 Å². The Kier molecular flexibility index (Phi) is 5.65. The summed E-state index contributed by atoms with van der Waals surface area (Å²) in [7, 11) is 0. The van der Waals surface area contributed by atoms with Gasteiger partial charge < -0.3 is 0 Å². The van der Waals surface area contributed by atoms with Crippen molar-refractivity contribution in [1.82, 2.24) is 0 Å². The van der Waals surface area contributed by atoms with Gasteiger partial charge in [0, 0.05) is 16.1 Å². The number of halogens is 1.